The van der Waals surface area contributed by atoms with E-state index in [9.17, 15) is 14.6 Å². The van der Waals surface area contributed by atoms with Crippen LogP contribution in [0.5, 0.6) is 5.75 Å². The molecule has 0 spiro atoms. The minimum atomic E-state index is -0.893. The summed E-state index contributed by atoms with van der Waals surface area (Å²) in [5.74, 6) is -1.06. The number of phenolic OH excluding ortho intramolecular Hbond substituents is 1. The van der Waals surface area contributed by atoms with Crippen molar-refractivity contribution in [3.63, 3.8) is 0 Å². The van der Waals surface area contributed by atoms with E-state index in [1.165, 1.54) is 13.0 Å². The Morgan fingerprint density at radius 2 is 1.93 bits per heavy atom. The zero-order valence-electron chi connectivity index (χ0n) is 9.08. The van der Waals surface area contributed by atoms with Crippen LogP contribution in [0, 0.1) is 19.7 Å². The van der Waals surface area contributed by atoms with Crippen LogP contribution in [0.2, 0.25) is 0 Å². The average Bonchev–Trinajstić information content (AvgIpc) is 2.19. The van der Waals surface area contributed by atoms with Gasteiger partial charge in [-0.05, 0) is 43.5 Å². The number of aliphatic hydroxyl groups is 1. The molecule has 4 N–H and O–H groups in total. The first-order chi connectivity index (χ1) is 6.86. The lowest BCUT2D eigenvalue weighted by Crippen LogP contribution is -2.25. The van der Waals surface area contributed by atoms with Crippen LogP contribution in [0.25, 0.3) is 0 Å². The summed E-state index contributed by atoms with van der Waals surface area (Å²) in [4.78, 5) is 0. The summed E-state index contributed by atoms with van der Waals surface area (Å²) in [6.07, 6.45) is -0.893. The number of aromatic hydroxyl groups is 1. The second-order valence-electron chi connectivity index (χ2n) is 3.87. The normalized spacial score (nSPS) is 15.1. The van der Waals surface area contributed by atoms with Gasteiger partial charge in [-0.15, -0.1) is 0 Å². The van der Waals surface area contributed by atoms with Crippen LogP contribution in [0.4, 0.5) is 4.39 Å². The Morgan fingerprint density at radius 3 is 2.40 bits per heavy atom. The second kappa shape index (κ2) is 4.16. The Hall–Kier alpha value is -1.13. The van der Waals surface area contributed by atoms with Crippen LogP contribution < -0.4 is 5.73 Å². The van der Waals surface area contributed by atoms with Crippen LogP contribution >= 0.6 is 0 Å². The average molecular weight is 213 g/mol. The summed E-state index contributed by atoms with van der Waals surface area (Å²) in [6.45, 7) is 4.74. The molecule has 0 aliphatic carbocycles. The molecule has 2 unspecified atom stereocenters. The molecular weight excluding hydrogens is 197 g/mol. The van der Waals surface area contributed by atoms with Crippen molar-refractivity contribution < 1.29 is 14.6 Å². The standard InChI is InChI=1S/C11H16FNO2/c1-5-4-8(11(15)7(3)13)6(2)10(14)9(5)12/h4,7,11,14-15H,13H2,1-3H3. The highest BCUT2D eigenvalue weighted by Crippen LogP contribution is 2.31. The van der Waals surface area contributed by atoms with Crippen LogP contribution in [0.3, 0.4) is 0 Å². The predicted octanol–water partition coefficient (Wildman–Crippen LogP) is 1.53. The van der Waals surface area contributed by atoms with Crippen molar-refractivity contribution in [2.24, 2.45) is 5.73 Å². The zero-order valence-corrected chi connectivity index (χ0v) is 9.08. The van der Waals surface area contributed by atoms with E-state index >= 15 is 0 Å². The van der Waals surface area contributed by atoms with Crippen molar-refractivity contribution in [1.29, 1.82) is 0 Å². The van der Waals surface area contributed by atoms with Gasteiger partial charge in [-0.25, -0.2) is 4.39 Å². The smallest absolute Gasteiger partial charge is 0.167 e. The van der Waals surface area contributed by atoms with Crippen LogP contribution in [0.15, 0.2) is 6.07 Å². The SMILES string of the molecule is Cc1cc(C(O)C(C)N)c(C)c(O)c1F. The number of benzene rings is 1. The summed E-state index contributed by atoms with van der Waals surface area (Å²) in [6, 6.07) is 1.05. The molecule has 2 atom stereocenters. The topological polar surface area (TPSA) is 66.5 Å². The molecule has 0 aliphatic rings. The van der Waals surface area contributed by atoms with Gasteiger partial charge in [0.05, 0.1) is 6.10 Å². The fraction of sp³-hybridized carbons (Fsp3) is 0.455. The van der Waals surface area contributed by atoms with E-state index in [4.69, 9.17) is 5.73 Å². The first kappa shape index (κ1) is 11.9. The molecule has 1 rings (SSSR count). The quantitative estimate of drug-likeness (QED) is 0.698. The minimum absolute atomic E-state index is 0.299. The number of rotatable bonds is 2. The fourth-order valence-electron chi connectivity index (χ4n) is 1.48. The molecule has 4 heteroatoms. The summed E-state index contributed by atoms with van der Waals surface area (Å²) in [5, 5.41) is 19.2. The Bertz CT molecular complexity index is 377. The number of phenols is 1. The summed E-state index contributed by atoms with van der Waals surface area (Å²) < 4.78 is 13.3. The lowest BCUT2D eigenvalue weighted by Gasteiger charge is -2.19. The third-order valence-electron chi connectivity index (χ3n) is 2.53. The number of hydrogen-bond donors (Lipinski definition) is 3. The number of hydrogen-bond acceptors (Lipinski definition) is 3. The van der Waals surface area contributed by atoms with E-state index < -0.39 is 23.7 Å². The van der Waals surface area contributed by atoms with Crippen molar-refractivity contribution in [3.8, 4) is 5.75 Å². The maximum absolute atomic E-state index is 13.3. The summed E-state index contributed by atoms with van der Waals surface area (Å²) >= 11 is 0. The van der Waals surface area contributed by atoms with E-state index in [2.05, 4.69) is 0 Å². The van der Waals surface area contributed by atoms with Gasteiger partial charge in [-0.2, -0.15) is 0 Å². The molecule has 3 nitrogen and oxygen atoms in total. The molecule has 0 saturated carbocycles. The Labute approximate surface area is 88.4 Å². The van der Waals surface area contributed by atoms with Crippen molar-refractivity contribution in [1.82, 2.24) is 0 Å². The predicted molar refractivity (Wildman–Crippen MR) is 56.1 cm³/mol. The Kier molecular flexibility index (Phi) is 3.31. The van der Waals surface area contributed by atoms with Gasteiger partial charge < -0.3 is 15.9 Å². The molecule has 0 aliphatic heterocycles. The van der Waals surface area contributed by atoms with Crippen molar-refractivity contribution in [3.05, 3.63) is 28.6 Å². The molecule has 1 aromatic rings. The maximum atomic E-state index is 13.3. The molecule has 0 bridgehead atoms. The molecule has 0 saturated heterocycles. The van der Waals surface area contributed by atoms with Gasteiger partial charge in [0.1, 0.15) is 0 Å². The molecule has 0 heterocycles. The zero-order chi connectivity index (χ0) is 11.7. The maximum Gasteiger partial charge on any atom is 0.167 e. The van der Waals surface area contributed by atoms with Crippen molar-refractivity contribution >= 4 is 0 Å². The van der Waals surface area contributed by atoms with Gasteiger partial charge in [0.2, 0.25) is 0 Å². The summed E-state index contributed by atoms with van der Waals surface area (Å²) in [7, 11) is 0. The third-order valence-corrected chi connectivity index (χ3v) is 2.53. The molecule has 84 valence electrons. The van der Waals surface area contributed by atoms with E-state index in [-0.39, 0.29) is 0 Å². The fourth-order valence-corrected chi connectivity index (χ4v) is 1.48. The van der Waals surface area contributed by atoms with E-state index in [1.54, 1.807) is 13.8 Å². The molecule has 0 aromatic heterocycles. The van der Waals surface area contributed by atoms with E-state index in [1.807, 2.05) is 0 Å². The Balaban J connectivity index is 3.32. The van der Waals surface area contributed by atoms with Gasteiger partial charge in [0.25, 0.3) is 0 Å². The second-order valence-corrected chi connectivity index (χ2v) is 3.87. The van der Waals surface area contributed by atoms with Gasteiger partial charge in [-0.3, -0.25) is 0 Å². The first-order valence-electron chi connectivity index (χ1n) is 4.78. The molecule has 0 amide bonds. The van der Waals surface area contributed by atoms with Gasteiger partial charge >= 0.3 is 0 Å². The number of aliphatic hydroxyl groups excluding tert-OH is 1. The highest BCUT2D eigenvalue weighted by molar-refractivity contribution is 5.44. The Morgan fingerprint density at radius 1 is 1.40 bits per heavy atom. The van der Waals surface area contributed by atoms with Crippen LogP contribution in [-0.4, -0.2) is 16.3 Å². The van der Waals surface area contributed by atoms with Gasteiger partial charge in [-0.1, -0.05) is 0 Å². The number of aryl methyl sites for hydroxylation is 1. The highest BCUT2D eigenvalue weighted by Gasteiger charge is 2.20. The molecule has 0 fully saturated rings. The van der Waals surface area contributed by atoms with Crippen LogP contribution in [-0.2, 0) is 0 Å². The summed E-state index contributed by atoms with van der Waals surface area (Å²) in [5.41, 5.74) is 6.66. The molecule has 15 heavy (non-hydrogen) atoms. The third kappa shape index (κ3) is 2.11. The van der Waals surface area contributed by atoms with Crippen molar-refractivity contribution in [2.45, 2.75) is 32.9 Å². The molecule has 1 aromatic carbocycles. The lowest BCUT2D eigenvalue weighted by molar-refractivity contribution is 0.152. The van der Waals surface area contributed by atoms with Crippen LogP contribution in [0.1, 0.15) is 29.7 Å². The van der Waals surface area contributed by atoms with Gasteiger partial charge in [0, 0.05) is 6.04 Å². The molecule has 0 radical (unpaired) electrons. The number of nitrogens with two attached hydrogens (primary N) is 1. The molecular formula is C11H16FNO2. The van der Waals surface area contributed by atoms with E-state index in [0.717, 1.165) is 0 Å². The first-order valence-corrected chi connectivity index (χ1v) is 4.78. The van der Waals surface area contributed by atoms with E-state index in [0.29, 0.717) is 16.7 Å². The number of halogens is 1. The van der Waals surface area contributed by atoms with Gasteiger partial charge in [0.15, 0.2) is 11.6 Å². The highest BCUT2D eigenvalue weighted by atomic mass is 19.1. The minimum Gasteiger partial charge on any atom is -0.505 e. The largest absolute Gasteiger partial charge is 0.505 e. The van der Waals surface area contributed by atoms with Crippen molar-refractivity contribution in [2.75, 3.05) is 0 Å². The monoisotopic (exact) mass is 213 g/mol. The lowest BCUT2D eigenvalue weighted by atomic mass is 9.96.